The molecule has 0 saturated heterocycles. The summed E-state index contributed by atoms with van der Waals surface area (Å²) >= 11 is 0. The van der Waals surface area contributed by atoms with Crippen LogP contribution in [-0.2, 0) is 6.54 Å². The van der Waals surface area contributed by atoms with Crippen molar-refractivity contribution in [2.75, 3.05) is 0 Å². The summed E-state index contributed by atoms with van der Waals surface area (Å²) < 4.78 is 2.34. The van der Waals surface area contributed by atoms with Gasteiger partial charge in [-0.1, -0.05) is 77.9 Å². The van der Waals surface area contributed by atoms with Gasteiger partial charge in [0.2, 0.25) is 5.69 Å². The average molecular weight is 326 g/mol. The number of fused-ring (bicyclic) bond motifs is 5. The van der Waals surface area contributed by atoms with Crippen LogP contribution < -0.4 is 10.7 Å². The zero-order valence-electron chi connectivity index (χ0n) is 14.8. The minimum absolute atomic E-state index is 0. The normalized spacial score (nSPS) is 9.83. The number of pyridine rings is 1. The number of nitrogens with zero attached hydrogens (tertiary/aromatic N) is 1. The van der Waals surface area contributed by atoms with Gasteiger partial charge in [0.15, 0.2) is 12.7 Å². The highest BCUT2D eigenvalue weighted by Gasteiger charge is 2.27. The van der Waals surface area contributed by atoms with Crippen molar-refractivity contribution in [2.45, 2.75) is 48.1 Å². The van der Waals surface area contributed by atoms with Gasteiger partial charge in [-0.25, -0.2) is 0 Å². The molecule has 2 heterocycles. The molecule has 0 unspecified atom stereocenters. The molecule has 2 heteroatoms. The Morgan fingerprint density at radius 1 is 0.875 bits per heavy atom. The zero-order valence-corrected chi connectivity index (χ0v) is 14.8. The number of hydrogen-bond donors (Lipinski definition) is 1. The third kappa shape index (κ3) is 4.21. The second-order valence-corrected chi connectivity index (χ2v) is 5.24. The van der Waals surface area contributed by atoms with Gasteiger partial charge in [0, 0.05) is 11.6 Å². The Morgan fingerprint density at radius 2 is 1.46 bits per heavy atom. The third-order valence-corrected chi connectivity index (χ3v) is 3.55. The highest BCUT2D eigenvalue weighted by atomic mass is 15.0. The first kappa shape index (κ1) is 21.8. The fourth-order valence-corrected chi connectivity index (χ4v) is 2.76. The van der Waals surface area contributed by atoms with Crippen molar-refractivity contribution in [3.05, 3.63) is 66.4 Å². The lowest BCUT2D eigenvalue weighted by Gasteiger charge is -1.99. The van der Waals surface area contributed by atoms with Crippen molar-refractivity contribution in [3.63, 3.8) is 0 Å². The molecular formula is C22H33N2+. The first-order valence-electron chi connectivity index (χ1n) is 8.34. The van der Waals surface area contributed by atoms with Crippen molar-refractivity contribution < 1.29 is 4.57 Å². The predicted molar refractivity (Wildman–Crippen MR) is 108 cm³/mol. The van der Waals surface area contributed by atoms with E-state index in [1.54, 1.807) is 0 Å². The Hall–Kier alpha value is -2.19. The summed E-state index contributed by atoms with van der Waals surface area (Å²) in [5.41, 5.74) is 4.16. The summed E-state index contributed by atoms with van der Waals surface area (Å²) in [6.45, 7) is 9.25. The zero-order chi connectivity index (χ0) is 15.9. The van der Waals surface area contributed by atoms with Crippen LogP contribution in [0.2, 0.25) is 0 Å². The lowest BCUT2D eigenvalue weighted by molar-refractivity contribution is -0.671. The van der Waals surface area contributed by atoms with E-state index in [1.165, 1.54) is 34.0 Å². The van der Waals surface area contributed by atoms with Gasteiger partial charge < -0.3 is 6.15 Å². The van der Waals surface area contributed by atoms with E-state index in [1.807, 2.05) is 13.8 Å². The minimum atomic E-state index is 0. The van der Waals surface area contributed by atoms with Gasteiger partial charge in [-0.05, 0) is 17.5 Å². The first-order valence-corrected chi connectivity index (χ1v) is 8.34. The Kier molecular flexibility index (Phi) is 9.60. The summed E-state index contributed by atoms with van der Waals surface area (Å²) in [6, 6.07) is 19.5. The third-order valence-electron chi connectivity index (χ3n) is 3.55. The lowest BCUT2D eigenvalue weighted by Crippen LogP contribution is -2.31. The number of benzene rings is 2. The van der Waals surface area contributed by atoms with Crippen LogP contribution in [-0.4, -0.2) is 0 Å². The van der Waals surface area contributed by atoms with Gasteiger partial charge >= 0.3 is 0 Å². The van der Waals surface area contributed by atoms with Crippen molar-refractivity contribution in [1.82, 2.24) is 6.15 Å². The quantitative estimate of drug-likeness (QED) is 0.373. The Morgan fingerprint density at radius 3 is 2.17 bits per heavy atom. The Bertz CT molecular complexity index is 748. The summed E-state index contributed by atoms with van der Waals surface area (Å²) in [5.74, 6) is 0. The maximum atomic E-state index is 2.34. The predicted octanol–water partition coefficient (Wildman–Crippen LogP) is 6.40. The fourth-order valence-electron chi connectivity index (χ4n) is 2.76. The smallest absolute Gasteiger partial charge is 0.221 e. The molecule has 2 nitrogen and oxygen atoms in total. The summed E-state index contributed by atoms with van der Waals surface area (Å²) in [4.78, 5) is 0. The highest BCUT2D eigenvalue weighted by Crippen LogP contribution is 2.31. The van der Waals surface area contributed by atoms with Crippen molar-refractivity contribution in [3.8, 4) is 11.3 Å². The molecule has 0 bridgehead atoms. The van der Waals surface area contributed by atoms with Crippen molar-refractivity contribution >= 4 is 10.8 Å². The molecule has 1 aliphatic rings. The lowest BCUT2D eigenvalue weighted by atomic mass is 10.0. The average Bonchev–Trinajstić information content (AvgIpc) is 2.96. The van der Waals surface area contributed by atoms with Crippen LogP contribution in [0.25, 0.3) is 22.0 Å². The number of rotatable bonds is 0. The van der Waals surface area contributed by atoms with Crippen LogP contribution in [0.4, 0.5) is 0 Å². The van der Waals surface area contributed by atoms with E-state index in [0.717, 1.165) is 6.54 Å². The van der Waals surface area contributed by atoms with Crippen LogP contribution in [0.3, 0.4) is 0 Å². The molecule has 0 spiro atoms. The molecule has 1 aliphatic heterocycles. The van der Waals surface area contributed by atoms with E-state index in [2.05, 4.69) is 79.2 Å². The number of aromatic nitrogens is 1. The molecule has 0 atom stereocenters. The topological polar surface area (TPSA) is 38.9 Å². The van der Waals surface area contributed by atoms with Gasteiger partial charge in [-0.15, -0.1) is 0 Å². The van der Waals surface area contributed by atoms with E-state index in [0.29, 0.717) is 0 Å². The molecular weight excluding hydrogens is 292 g/mol. The second kappa shape index (κ2) is 10.6. The van der Waals surface area contributed by atoms with Crippen molar-refractivity contribution in [2.24, 2.45) is 0 Å². The molecule has 0 saturated carbocycles. The molecule has 3 aromatic rings. The minimum Gasteiger partial charge on any atom is -0.344 e. The molecule has 4 rings (SSSR count). The highest BCUT2D eigenvalue weighted by molar-refractivity contribution is 5.94. The molecule has 24 heavy (non-hydrogen) atoms. The van der Waals surface area contributed by atoms with Crippen LogP contribution in [0, 0.1) is 0 Å². The maximum absolute atomic E-state index is 2.34. The SMILES string of the molecule is C.CC.CCC.N.c1ccc2c(c1)C[n+]1ccc3ccccc3c1-2. The summed E-state index contributed by atoms with van der Waals surface area (Å²) in [5, 5.41) is 2.66. The second-order valence-electron chi connectivity index (χ2n) is 5.24. The molecule has 3 N–H and O–H groups in total. The van der Waals surface area contributed by atoms with Crippen LogP contribution >= 0.6 is 0 Å². The van der Waals surface area contributed by atoms with E-state index < -0.39 is 0 Å². The van der Waals surface area contributed by atoms with E-state index in [9.17, 15) is 0 Å². The fraction of sp³-hybridized carbons (Fsp3) is 0.318. The first-order chi connectivity index (χ1) is 10.8. The van der Waals surface area contributed by atoms with Crippen LogP contribution in [0.5, 0.6) is 0 Å². The van der Waals surface area contributed by atoms with Gasteiger partial charge in [-0.3, -0.25) is 0 Å². The molecule has 130 valence electrons. The summed E-state index contributed by atoms with van der Waals surface area (Å²) in [6.07, 6.45) is 3.44. The van der Waals surface area contributed by atoms with Gasteiger partial charge in [0.25, 0.3) is 0 Å². The monoisotopic (exact) mass is 325 g/mol. The standard InChI is InChI=1S/C16H12N.C3H8.C2H6.CH4.H3N/c1-3-7-14-12(5-1)9-10-17-11-13-6-2-4-8-15(13)16(14)17;1-3-2;1-2;;/h1-10H,11H2;3H2,1-2H3;1-2H3;1H4;1H3/q+1;;;;. The van der Waals surface area contributed by atoms with Gasteiger partial charge in [-0.2, -0.15) is 4.57 Å². The van der Waals surface area contributed by atoms with E-state index >= 15 is 0 Å². The largest absolute Gasteiger partial charge is 0.344 e. The molecule has 0 amide bonds. The molecule has 1 aromatic heterocycles. The molecule has 0 radical (unpaired) electrons. The maximum Gasteiger partial charge on any atom is 0.221 e. The summed E-state index contributed by atoms with van der Waals surface area (Å²) in [7, 11) is 0. The molecule has 2 aromatic carbocycles. The van der Waals surface area contributed by atoms with Gasteiger partial charge in [0.1, 0.15) is 0 Å². The van der Waals surface area contributed by atoms with Gasteiger partial charge in [0.05, 0.1) is 10.9 Å². The van der Waals surface area contributed by atoms with E-state index in [4.69, 9.17) is 0 Å². The Labute approximate surface area is 147 Å². The molecule has 0 fully saturated rings. The Balaban J connectivity index is 0.000000690. The van der Waals surface area contributed by atoms with Crippen LogP contribution in [0.15, 0.2) is 60.8 Å². The molecule has 0 aliphatic carbocycles. The number of hydrogen-bond acceptors (Lipinski definition) is 1. The van der Waals surface area contributed by atoms with E-state index in [-0.39, 0.29) is 13.6 Å². The van der Waals surface area contributed by atoms with Crippen LogP contribution in [0.1, 0.15) is 47.1 Å². The van der Waals surface area contributed by atoms with Crippen molar-refractivity contribution in [1.29, 1.82) is 0 Å².